The van der Waals surface area contributed by atoms with Gasteiger partial charge in [-0.1, -0.05) is 0 Å². The molecule has 0 atom stereocenters. The summed E-state index contributed by atoms with van der Waals surface area (Å²) in [5.41, 5.74) is 7.38. The summed E-state index contributed by atoms with van der Waals surface area (Å²) >= 11 is 0. The van der Waals surface area contributed by atoms with Crippen molar-refractivity contribution in [3.05, 3.63) is 29.8 Å². The number of hydrogen-bond donors (Lipinski definition) is 2. The average molecular weight is 514 g/mol. The molecule has 0 bridgehead atoms. The summed E-state index contributed by atoms with van der Waals surface area (Å²) in [6.45, 7) is 3.23. The molecule has 2 heterocycles. The molecule has 0 spiro atoms. The van der Waals surface area contributed by atoms with Gasteiger partial charge in [0.1, 0.15) is 11.9 Å². The van der Waals surface area contributed by atoms with Gasteiger partial charge < -0.3 is 20.3 Å². The monoisotopic (exact) mass is 512 g/mol. The molecule has 190 valence electrons. The van der Waals surface area contributed by atoms with Crippen molar-refractivity contribution < 1.29 is 14.3 Å². The molecule has 1 aromatic carbocycles. The van der Waals surface area contributed by atoms with E-state index < -0.39 is 0 Å². The molecule has 3 N–H and O–H groups in total. The summed E-state index contributed by atoms with van der Waals surface area (Å²) < 4.78 is 5.61. The van der Waals surface area contributed by atoms with E-state index in [2.05, 4.69) is 4.90 Å². The summed E-state index contributed by atoms with van der Waals surface area (Å²) in [5.74, 6) is 0.740. The van der Waals surface area contributed by atoms with Crippen molar-refractivity contribution in [3.8, 4) is 0 Å². The molecular weight excluding hydrogens is 475 g/mol. The van der Waals surface area contributed by atoms with Crippen LogP contribution >= 0.6 is 24.8 Å². The lowest BCUT2D eigenvalue weighted by atomic mass is 9.90. The van der Waals surface area contributed by atoms with Gasteiger partial charge in [-0.05, 0) is 81.5 Å². The highest BCUT2D eigenvalue weighted by atomic mass is 35.5. The van der Waals surface area contributed by atoms with E-state index >= 15 is 0 Å². The number of anilines is 1. The third-order valence-electron chi connectivity index (χ3n) is 7.37. The molecule has 1 aliphatic carbocycles. The average Bonchev–Trinajstić information content (AvgIpc) is 3.32. The van der Waals surface area contributed by atoms with E-state index in [0.717, 1.165) is 76.0 Å². The van der Waals surface area contributed by atoms with E-state index in [1.807, 2.05) is 29.2 Å². The van der Waals surface area contributed by atoms with Gasteiger partial charge in [0.05, 0.1) is 0 Å². The second-order valence-corrected chi connectivity index (χ2v) is 9.59. The topological polar surface area (TPSA) is 99.7 Å². The number of ether oxygens (including phenoxy) is 1. The van der Waals surface area contributed by atoms with E-state index in [1.54, 1.807) is 0 Å². The number of amides is 1. The van der Waals surface area contributed by atoms with Crippen molar-refractivity contribution in [2.24, 2.45) is 17.6 Å². The number of esters is 1. The quantitative estimate of drug-likeness (QED) is 0.338. The van der Waals surface area contributed by atoms with E-state index in [4.69, 9.17) is 15.9 Å². The number of nitrogens with one attached hydrogen (secondary N) is 1. The lowest BCUT2D eigenvalue weighted by molar-refractivity contribution is -0.150. The van der Waals surface area contributed by atoms with Crippen molar-refractivity contribution in [3.63, 3.8) is 0 Å². The Kier molecular flexibility index (Phi) is 11.0. The first-order valence-electron chi connectivity index (χ1n) is 12.2. The maximum atomic E-state index is 13.1. The molecule has 1 amide bonds. The van der Waals surface area contributed by atoms with Crippen LogP contribution in [0, 0.1) is 17.2 Å². The predicted molar refractivity (Wildman–Crippen MR) is 139 cm³/mol. The summed E-state index contributed by atoms with van der Waals surface area (Å²) in [7, 11) is 0. The Morgan fingerprint density at radius 3 is 2.06 bits per heavy atom. The molecule has 0 aromatic heterocycles. The van der Waals surface area contributed by atoms with Gasteiger partial charge in [0, 0.05) is 49.8 Å². The van der Waals surface area contributed by atoms with E-state index in [1.165, 1.54) is 12.8 Å². The molecule has 4 rings (SSSR count). The van der Waals surface area contributed by atoms with Gasteiger partial charge in [-0.15, -0.1) is 24.8 Å². The highest BCUT2D eigenvalue weighted by molar-refractivity contribution is 5.95. The third kappa shape index (κ3) is 7.25. The Labute approximate surface area is 215 Å². The highest BCUT2D eigenvalue weighted by Gasteiger charge is 2.32. The molecule has 7 nitrogen and oxygen atoms in total. The molecule has 0 unspecified atom stereocenters. The molecule has 3 fully saturated rings. The number of nitrogens with two attached hydrogens (primary N) is 1. The van der Waals surface area contributed by atoms with Gasteiger partial charge in [0.2, 0.25) is 5.91 Å². The fourth-order valence-corrected chi connectivity index (χ4v) is 5.33. The zero-order valence-electron chi connectivity index (χ0n) is 19.7. The van der Waals surface area contributed by atoms with Gasteiger partial charge in [0.25, 0.3) is 0 Å². The fourth-order valence-electron chi connectivity index (χ4n) is 5.33. The van der Waals surface area contributed by atoms with Gasteiger partial charge >= 0.3 is 5.97 Å². The number of hydrogen-bond acceptors (Lipinski definition) is 5. The van der Waals surface area contributed by atoms with Crippen LogP contribution in [0.4, 0.5) is 5.69 Å². The fraction of sp³-hybridized carbons (Fsp3) is 0.640. The highest BCUT2D eigenvalue weighted by Crippen LogP contribution is 2.28. The predicted octanol–water partition coefficient (Wildman–Crippen LogP) is 4.15. The summed E-state index contributed by atoms with van der Waals surface area (Å²) in [6.07, 6.45) is 8.53. The Morgan fingerprint density at radius 1 is 0.912 bits per heavy atom. The Bertz CT molecular complexity index is 814. The standard InChI is InChI=1S/C25H36N4O3.2ClH/c26-24(27)19-5-7-21(8-6-19)28-15-11-20(12-16-28)25(31)29-13-9-18(10-14-29)17-23(30)32-22-3-1-2-4-22;;/h5-8,18,20,22H,1-4,9-17H2,(H3,26,27);2*1H. The van der Waals surface area contributed by atoms with Crippen LogP contribution in [-0.2, 0) is 14.3 Å². The molecule has 9 heteroatoms. The van der Waals surface area contributed by atoms with Crippen LogP contribution in [0.3, 0.4) is 0 Å². The minimum atomic E-state index is -0.0506. The van der Waals surface area contributed by atoms with Crippen molar-refractivity contribution >= 4 is 48.2 Å². The first-order valence-corrected chi connectivity index (χ1v) is 12.2. The maximum absolute atomic E-state index is 13.1. The number of carbonyl (C=O) groups is 2. The number of nitrogens with zero attached hydrogens (tertiary/aromatic N) is 2. The van der Waals surface area contributed by atoms with Crippen molar-refractivity contribution in [1.82, 2.24) is 4.90 Å². The normalized spacial score (nSPS) is 19.8. The first kappa shape index (κ1) is 28.2. The molecule has 34 heavy (non-hydrogen) atoms. The molecule has 2 aliphatic heterocycles. The number of benzene rings is 1. The minimum Gasteiger partial charge on any atom is -0.462 e. The first-order chi connectivity index (χ1) is 15.5. The van der Waals surface area contributed by atoms with Gasteiger partial charge in [0.15, 0.2) is 0 Å². The zero-order valence-corrected chi connectivity index (χ0v) is 21.4. The minimum absolute atomic E-state index is 0. The number of likely N-dealkylation sites (tertiary alicyclic amines) is 1. The number of carbonyl (C=O) groups excluding carboxylic acids is 2. The maximum Gasteiger partial charge on any atom is 0.306 e. The molecule has 0 radical (unpaired) electrons. The van der Waals surface area contributed by atoms with Crippen LogP contribution < -0.4 is 10.6 Å². The number of amidine groups is 1. The Balaban J connectivity index is 0.00000204. The third-order valence-corrected chi connectivity index (χ3v) is 7.37. The summed E-state index contributed by atoms with van der Waals surface area (Å²) in [6, 6.07) is 7.76. The number of piperidine rings is 2. The van der Waals surface area contributed by atoms with Crippen LogP contribution in [0.25, 0.3) is 0 Å². The second-order valence-electron chi connectivity index (χ2n) is 9.59. The smallest absolute Gasteiger partial charge is 0.306 e. The zero-order chi connectivity index (χ0) is 22.5. The van der Waals surface area contributed by atoms with Crippen molar-refractivity contribution in [2.75, 3.05) is 31.1 Å². The van der Waals surface area contributed by atoms with Crippen molar-refractivity contribution in [1.29, 1.82) is 5.41 Å². The van der Waals surface area contributed by atoms with Crippen LogP contribution in [-0.4, -0.2) is 54.9 Å². The van der Waals surface area contributed by atoms with Crippen LogP contribution in [0.5, 0.6) is 0 Å². The molecular formula is C25H38Cl2N4O3. The van der Waals surface area contributed by atoms with E-state index in [9.17, 15) is 9.59 Å². The molecule has 1 aromatic rings. The van der Waals surface area contributed by atoms with Gasteiger partial charge in [-0.2, -0.15) is 0 Å². The largest absolute Gasteiger partial charge is 0.462 e. The van der Waals surface area contributed by atoms with Crippen LogP contribution in [0.2, 0.25) is 0 Å². The lowest BCUT2D eigenvalue weighted by Gasteiger charge is -2.38. The number of rotatable bonds is 6. The van der Waals surface area contributed by atoms with Crippen LogP contribution in [0.1, 0.15) is 63.4 Å². The van der Waals surface area contributed by atoms with Gasteiger partial charge in [-0.3, -0.25) is 15.0 Å². The van der Waals surface area contributed by atoms with Crippen LogP contribution in [0.15, 0.2) is 24.3 Å². The summed E-state index contributed by atoms with van der Waals surface area (Å²) in [4.78, 5) is 29.6. The van der Waals surface area contributed by atoms with Gasteiger partial charge in [-0.25, -0.2) is 0 Å². The SMILES string of the molecule is Cl.Cl.N=C(N)c1ccc(N2CCC(C(=O)N3CCC(CC(=O)OC4CCCC4)CC3)CC2)cc1. The second kappa shape index (κ2) is 13.2. The molecule has 3 aliphatic rings. The lowest BCUT2D eigenvalue weighted by Crippen LogP contribution is -2.45. The Morgan fingerprint density at radius 2 is 1.50 bits per heavy atom. The molecule has 2 saturated heterocycles. The van der Waals surface area contributed by atoms with Crippen molar-refractivity contribution in [2.45, 2.75) is 63.9 Å². The summed E-state index contributed by atoms with van der Waals surface area (Å²) in [5, 5.41) is 7.51. The number of nitrogen functional groups attached to an aromatic ring is 1. The van der Waals surface area contributed by atoms with E-state index in [-0.39, 0.29) is 54.5 Å². The Hall–Kier alpha value is -1.99. The number of halogens is 2. The molecule has 1 saturated carbocycles. The van der Waals surface area contributed by atoms with E-state index in [0.29, 0.717) is 12.3 Å².